The van der Waals surface area contributed by atoms with Gasteiger partial charge in [-0.2, -0.15) is 0 Å². The van der Waals surface area contributed by atoms with Gasteiger partial charge in [0.15, 0.2) is 10.1 Å². The summed E-state index contributed by atoms with van der Waals surface area (Å²) in [6.45, 7) is 1.92. The van der Waals surface area contributed by atoms with Crippen molar-refractivity contribution in [2.24, 2.45) is 5.41 Å². The maximum atomic E-state index is 6.34. The Balaban J connectivity index is 1.23. The van der Waals surface area contributed by atoms with Crippen LogP contribution in [0.3, 0.4) is 0 Å². The van der Waals surface area contributed by atoms with Crippen molar-refractivity contribution in [2.45, 2.75) is 35.5 Å². The zero-order valence-corrected chi connectivity index (χ0v) is 20.1. The standard InChI is InChI=1S/C21H19Cl2N7S2/c22-16-13(1-4-25-17(16)24)31-15-11-27-20(30-8-5-26-18(15)30)29-6-2-21(3-7-29)9-12-14(10-21)32-19(23)28-12/h1,4-5,8,11H,2-3,6-7,9-10H2,(H2,24,25). The number of anilines is 2. The summed E-state index contributed by atoms with van der Waals surface area (Å²) in [5, 5.41) is 0.452. The third-order valence-corrected chi connectivity index (χ3v) is 9.19. The van der Waals surface area contributed by atoms with E-state index in [9.17, 15) is 0 Å². The lowest BCUT2D eigenvalue weighted by atomic mass is 9.76. The Labute approximate surface area is 203 Å². The zero-order valence-electron chi connectivity index (χ0n) is 17.0. The number of hydrogen-bond acceptors (Lipinski definition) is 8. The van der Waals surface area contributed by atoms with E-state index in [0.717, 1.165) is 60.2 Å². The molecule has 1 fully saturated rings. The quantitative estimate of drug-likeness (QED) is 0.420. The highest BCUT2D eigenvalue weighted by Crippen LogP contribution is 2.47. The van der Waals surface area contributed by atoms with E-state index in [0.29, 0.717) is 20.7 Å². The van der Waals surface area contributed by atoms with Crippen LogP contribution in [-0.2, 0) is 12.8 Å². The van der Waals surface area contributed by atoms with Crippen LogP contribution >= 0.6 is 46.3 Å². The van der Waals surface area contributed by atoms with E-state index in [2.05, 4.69) is 24.3 Å². The van der Waals surface area contributed by atoms with Crippen LogP contribution < -0.4 is 10.6 Å². The molecule has 0 aromatic carbocycles. The highest BCUT2D eigenvalue weighted by Gasteiger charge is 2.42. The first kappa shape index (κ1) is 20.5. The van der Waals surface area contributed by atoms with Gasteiger partial charge in [-0.1, -0.05) is 35.0 Å². The summed E-state index contributed by atoms with van der Waals surface area (Å²) < 4.78 is 2.73. The van der Waals surface area contributed by atoms with Gasteiger partial charge in [0.05, 0.1) is 15.6 Å². The van der Waals surface area contributed by atoms with Crippen molar-refractivity contribution in [1.82, 2.24) is 24.3 Å². The smallest absolute Gasteiger partial charge is 0.211 e. The lowest BCUT2D eigenvalue weighted by Crippen LogP contribution is -2.41. The van der Waals surface area contributed by atoms with Gasteiger partial charge in [-0.3, -0.25) is 4.40 Å². The number of nitrogen functional groups attached to an aromatic ring is 1. The molecule has 5 heterocycles. The zero-order chi connectivity index (χ0) is 21.9. The van der Waals surface area contributed by atoms with E-state index in [1.807, 2.05) is 24.7 Å². The van der Waals surface area contributed by atoms with Gasteiger partial charge in [0.1, 0.15) is 5.82 Å². The number of rotatable bonds is 3. The molecule has 4 aromatic rings. The van der Waals surface area contributed by atoms with E-state index >= 15 is 0 Å². The number of nitrogens with zero attached hydrogens (tertiary/aromatic N) is 6. The van der Waals surface area contributed by atoms with Gasteiger partial charge in [0.25, 0.3) is 0 Å². The van der Waals surface area contributed by atoms with E-state index in [-0.39, 0.29) is 0 Å². The van der Waals surface area contributed by atoms with E-state index in [1.165, 1.54) is 22.3 Å². The van der Waals surface area contributed by atoms with E-state index in [4.69, 9.17) is 33.9 Å². The third kappa shape index (κ3) is 3.42. The average molecular weight is 504 g/mol. The van der Waals surface area contributed by atoms with Gasteiger partial charge in [-0.25, -0.2) is 19.9 Å². The minimum Gasteiger partial charge on any atom is -0.382 e. The molecule has 164 valence electrons. The fraction of sp³-hybridized carbons (Fsp3) is 0.333. The van der Waals surface area contributed by atoms with Crippen LogP contribution in [0.4, 0.5) is 11.8 Å². The summed E-state index contributed by atoms with van der Waals surface area (Å²) in [5.41, 5.74) is 8.24. The monoisotopic (exact) mass is 503 g/mol. The molecule has 1 aliphatic heterocycles. The molecule has 7 nitrogen and oxygen atoms in total. The topological polar surface area (TPSA) is 85.2 Å². The highest BCUT2D eigenvalue weighted by atomic mass is 35.5. The van der Waals surface area contributed by atoms with Crippen LogP contribution in [0.25, 0.3) is 5.65 Å². The SMILES string of the molecule is Nc1nccc(Sc2cnc(N3CCC4(CC3)Cc3nc(Cl)sc3C4)n3ccnc23)c1Cl. The molecule has 1 saturated heterocycles. The van der Waals surface area contributed by atoms with Gasteiger partial charge in [0, 0.05) is 47.6 Å². The second-order valence-corrected chi connectivity index (χ2v) is 11.5. The molecule has 0 radical (unpaired) electrons. The summed E-state index contributed by atoms with van der Waals surface area (Å²) in [7, 11) is 0. The second-order valence-electron chi connectivity index (χ2n) is 8.33. The molecule has 0 atom stereocenters. The molecule has 4 aromatic heterocycles. The lowest BCUT2D eigenvalue weighted by Gasteiger charge is -2.39. The van der Waals surface area contributed by atoms with Crippen LogP contribution in [0.2, 0.25) is 9.49 Å². The number of fused-ring (bicyclic) bond motifs is 2. The number of thiazole rings is 1. The van der Waals surface area contributed by atoms with Crippen molar-refractivity contribution in [2.75, 3.05) is 23.7 Å². The number of imidazole rings is 1. The molecule has 32 heavy (non-hydrogen) atoms. The van der Waals surface area contributed by atoms with Gasteiger partial charge < -0.3 is 10.6 Å². The number of piperidine rings is 1. The van der Waals surface area contributed by atoms with Gasteiger partial charge >= 0.3 is 0 Å². The maximum absolute atomic E-state index is 6.34. The Bertz CT molecular complexity index is 1300. The first-order chi connectivity index (χ1) is 15.5. The second kappa shape index (κ2) is 7.76. The highest BCUT2D eigenvalue weighted by molar-refractivity contribution is 7.99. The minimum atomic E-state index is 0.317. The first-order valence-electron chi connectivity index (χ1n) is 10.3. The van der Waals surface area contributed by atoms with Crippen LogP contribution in [0.5, 0.6) is 0 Å². The minimum absolute atomic E-state index is 0.317. The Morgan fingerprint density at radius 1 is 1.06 bits per heavy atom. The van der Waals surface area contributed by atoms with Crippen molar-refractivity contribution in [3.63, 3.8) is 0 Å². The fourth-order valence-electron chi connectivity index (χ4n) is 4.75. The number of aromatic nitrogens is 5. The summed E-state index contributed by atoms with van der Waals surface area (Å²) in [6, 6.07) is 1.85. The average Bonchev–Trinajstić information content (AvgIpc) is 3.46. The van der Waals surface area contributed by atoms with Crippen molar-refractivity contribution in [3.05, 3.63) is 50.9 Å². The van der Waals surface area contributed by atoms with E-state index < -0.39 is 0 Å². The number of pyridine rings is 1. The molecule has 1 aliphatic carbocycles. The Morgan fingerprint density at radius 3 is 2.72 bits per heavy atom. The molecule has 2 N–H and O–H groups in total. The molecule has 0 saturated carbocycles. The maximum Gasteiger partial charge on any atom is 0.211 e. The molecular formula is C21H19Cl2N7S2. The summed E-state index contributed by atoms with van der Waals surface area (Å²) >= 11 is 15.6. The van der Waals surface area contributed by atoms with Crippen molar-refractivity contribution in [3.8, 4) is 0 Å². The van der Waals surface area contributed by atoms with Gasteiger partial charge in [0.2, 0.25) is 5.95 Å². The van der Waals surface area contributed by atoms with Crippen LogP contribution in [0.15, 0.2) is 40.6 Å². The number of hydrogen-bond donors (Lipinski definition) is 1. The molecule has 6 rings (SSSR count). The molecule has 2 aliphatic rings. The van der Waals surface area contributed by atoms with Crippen LogP contribution in [0, 0.1) is 5.41 Å². The summed E-state index contributed by atoms with van der Waals surface area (Å²) in [5.74, 6) is 1.24. The molecule has 11 heteroatoms. The Morgan fingerprint density at radius 2 is 1.91 bits per heavy atom. The number of nitrogens with two attached hydrogens (primary N) is 1. The van der Waals surface area contributed by atoms with Crippen molar-refractivity contribution >= 4 is 63.7 Å². The fourth-order valence-corrected chi connectivity index (χ4v) is 7.24. The van der Waals surface area contributed by atoms with Crippen molar-refractivity contribution < 1.29 is 0 Å². The van der Waals surface area contributed by atoms with Crippen LogP contribution in [0.1, 0.15) is 23.4 Å². The molecular weight excluding hydrogens is 485 g/mol. The first-order valence-corrected chi connectivity index (χ1v) is 12.7. The molecule has 0 bridgehead atoms. The predicted molar refractivity (Wildman–Crippen MR) is 129 cm³/mol. The van der Waals surface area contributed by atoms with Gasteiger partial charge in [-0.05, 0) is 37.2 Å². The summed E-state index contributed by atoms with van der Waals surface area (Å²) in [4.78, 5) is 23.5. The lowest BCUT2D eigenvalue weighted by molar-refractivity contribution is 0.231. The normalized spacial score (nSPS) is 17.4. The Hall–Kier alpha value is -2.07. The third-order valence-electron chi connectivity index (χ3n) is 6.41. The Kier molecular flexibility index (Phi) is 4.98. The summed E-state index contributed by atoms with van der Waals surface area (Å²) in [6.07, 6.45) is 11.7. The largest absolute Gasteiger partial charge is 0.382 e. The predicted octanol–water partition coefficient (Wildman–Crippen LogP) is 5.01. The molecule has 0 unspecified atom stereocenters. The number of halogens is 2. The molecule has 1 spiro atoms. The molecule has 0 amide bonds. The van der Waals surface area contributed by atoms with E-state index in [1.54, 1.807) is 17.5 Å². The van der Waals surface area contributed by atoms with Gasteiger partial charge in [-0.15, -0.1) is 11.3 Å². The van der Waals surface area contributed by atoms with Crippen LogP contribution in [-0.4, -0.2) is 37.4 Å². The van der Waals surface area contributed by atoms with Crippen molar-refractivity contribution in [1.29, 1.82) is 0 Å².